The van der Waals surface area contributed by atoms with Crippen molar-refractivity contribution in [1.29, 1.82) is 0 Å². The maximum atomic E-state index is 11.9. The molecule has 2 aromatic rings. The SMILES string of the molecule is CCOC(=O)c1ccc(N2CCN(c3ccc(N4CCC(SCCCCCCOC)CC4)cc3)CC2)cc1. The molecule has 4 rings (SSSR count). The average Bonchev–Trinajstić information content (AvgIpc) is 2.97. The van der Waals surface area contributed by atoms with Gasteiger partial charge in [-0.25, -0.2) is 4.79 Å². The second kappa shape index (κ2) is 15.3. The molecule has 2 aromatic carbocycles. The first kappa shape index (κ1) is 28.6. The molecule has 0 atom stereocenters. The number of carbonyl (C=O) groups is 1. The van der Waals surface area contributed by atoms with E-state index in [0.29, 0.717) is 12.2 Å². The first-order valence-electron chi connectivity index (χ1n) is 14.4. The minimum absolute atomic E-state index is 0.254. The highest BCUT2D eigenvalue weighted by atomic mass is 32.2. The summed E-state index contributed by atoms with van der Waals surface area (Å²) in [5, 5.41) is 0.821. The third kappa shape index (κ3) is 8.31. The number of ether oxygens (including phenoxy) is 2. The number of nitrogens with zero attached hydrogens (tertiary/aromatic N) is 3. The van der Waals surface area contributed by atoms with E-state index in [1.807, 2.05) is 31.2 Å². The maximum Gasteiger partial charge on any atom is 0.338 e. The number of methoxy groups -OCH3 is 1. The molecule has 0 bridgehead atoms. The van der Waals surface area contributed by atoms with Crippen LogP contribution in [0.25, 0.3) is 0 Å². The van der Waals surface area contributed by atoms with Gasteiger partial charge in [-0.1, -0.05) is 12.8 Å². The number of esters is 1. The Bertz CT molecular complexity index is 953. The zero-order chi connectivity index (χ0) is 26.6. The molecule has 208 valence electrons. The molecule has 0 aliphatic carbocycles. The molecular formula is C31H45N3O3S. The monoisotopic (exact) mass is 539 g/mol. The van der Waals surface area contributed by atoms with Gasteiger partial charge in [-0.2, -0.15) is 11.8 Å². The molecule has 6 nitrogen and oxygen atoms in total. The van der Waals surface area contributed by atoms with Gasteiger partial charge in [0, 0.05) is 75.3 Å². The Morgan fingerprint density at radius 1 is 0.763 bits per heavy atom. The summed E-state index contributed by atoms with van der Waals surface area (Å²) in [7, 11) is 1.79. The Balaban J connectivity index is 1.16. The van der Waals surface area contributed by atoms with Crippen molar-refractivity contribution < 1.29 is 14.3 Å². The van der Waals surface area contributed by atoms with Gasteiger partial charge in [-0.15, -0.1) is 0 Å². The topological polar surface area (TPSA) is 45.2 Å². The van der Waals surface area contributed by atoms with Gasteiger partial charge in [0.05, 0.1) is 12.2 Å². The number of piperidine rings is 1. The van der Waals surface area contributed by atoms with E-state index >= 15 is 0 Å². The maximum absolute atomic E-state index is 11.9. The highest BCUT2D eigenvalue weighted by Crippen LogP contribution is 2.29. The van der Waals surface area contributed by atoms with Crippen molar-refractivity contribution in [3.8, 4) is 0 Å². The lowest BCUT2D eigenvalue weighted by Crippen LogP contribution is -2.46. The molecule has 0 amide bonds. The second-order valence-electron chi connectivity index (χ2n) is 10.2. The molecule has 0 radical (unpaired) electrons. The number of anilines is 3. The van der Waals surface area contributed by atoms with Crippen molar-refractivity contribution in [2.24, 2.45) is 0 Å². The van der Waals surface area contributed by atoms with Gasteiger partial charge in [0.1, 0.15) is 0 Å². The van der Waals surface area contributed by atoms with Crippen molar-refractivity contribution in [3.63, 3.8) is 0 Å². The summed E-state index contributed by atoms with van der Waals surface area (Å²) in [6, 6.07) is 17.0. The lowest BCUT2D eigenvalue weighted by atomic mass is 10.1. The van der Waals surface area contributed by atoms with Crippen molar-refractivity contribution in [2.45, 2.75) is 50.7 Å². The predicted molar refractivity (Wildman–Crippen MR) is 161 cm³/mol. The van der Waals surface area contributed by atoms with Crippen LogP contribution < -0.4 is 14.7 Å². The highest BCUT2D eigenvalue weighted by molar-refractivity contribution is 7.99. The largest absolute Gasteiger partial charge is 0.462 e. The molecule has 0 N–H and O–H groups in total. The van der Waals surface area contributed by atoms with Gasteiger partial charge in [0.2, 0.25) is 0 Å². The zero-order valence-electron chi connectivity index (χ0n) is 23.3. The third-order valence-corrected chi connectivity index (χ3v) is 9.11. The van der Waals surface area contributed by atoms with E-state index in [0.717, 1.165) is 43.7 Å². The van der Waals surface area contributed by atoms with E-state index in [2.05, 4.69) is 50.7 Å². The minimum Gasteiger partial charge on any atom is -0.462 e. The smallest absolute Gasteiger partial charge is 0.338 e. The van der Waals surface area contributed by atoms with Gasteiger partial charge in [-0.05, 0) is 86.9 Å². The first-order chi connectivity index (χ1) is 18.7. The molecule has 0 saturated carbocycles. The third-order valence-electron chi connectivity index (χ3n) is 7.64. The summed E-state index contributed by atoms with van der Waals surface area (Å²) >= 11 is 2.19. The van der Waals surface area contributed by atoms with Crippen LogP contribution in [0.1, 0.15) is 55.8 Å². The van der Waals surface area contributed by atoms with Crippen LogP contribution in [0.3, 0.4) is 0 Å². The molecule has 0 unspecified atom stereocenters. The first-order valence-corrected chi connectivity index (χ1v) is 15.5. The summed E-state index contributed by atoms with van der Waals surface area (Å²) in [6.07, 6.45) is 7.75. The van der Waals surface area contributed by atoms with Crippen LogP contribution in [0.5, 0.6) is 0 Å². The van der Waals surface area contributed by atoms with Crippen molar-refractivity contribution >= 4 is 34.8 Å². The van der Waals surface area contributed by atoms with E-state index in [4.69, 9.17) is 9.47 Å². The summed E-state index contributed by atoms with van der Waals surface area (Å²) in [4.78, 5) is 19.3. The fourth-order valence-corrected chi connectivity index (χ4v) is 6.60. The van der Waals surface area contributed by atoms with Crippen LogP contribution >= 0.6 is 11.8 Å². The molecule has 2 saturated heterocycles. The lowest BCUT2D eigenvalue weighted by molar-refractivity contribution is 0.0526. The fourth-order valence-electron chi connectivity index (χ4n) is 5.35. The van der Waals surface area contributed by atoms with Gasteiger partial charge >= 0.3 is 5.97 Å². The number of piperazine rings is 1. The fraction of sp³-hybridized carbons (Fsp3) is 0.581. The van der Waals surface area contributed by atoms with Gasteiger partial charge in [0.15, 0.2) is 0 Å². The average molecular weight is 540 g/mol. The standard InChI is InChI=1S/C31H45N3O3S/c1-3-37-31(35)26-8-10-27(11-9-26)33-20-22-34(23-21-33)29-14-12-28(13-15-29)32-18-16-30(17-19-32)38-25-7-5-4-6-24-36-2/h8-15,30H,3-7,16-25H2,1-2H3. The Morgan fingerprint density at radius 3 is 1.79 bits per heavy atom. The van der Waals surface area contributed by atoms with Crippen LogP contribution in [0.4, 0.5) is 17.1 Å². The molecule has 7 heteroatoms. The Kier molecular flexibility index (Phi) is 11.5. The molecule has 2 heterocycles. The molecule has 0 spiro atoms. The number of hydrogen-bond acceptors (Lipinski definition) is 7. The Hall–Kier alpha value is -2.38. The molecule has 2 fully saturated rings. The van der Waals surface area contributed by atoms with E-state index < -0.39 is 0 Å². The highest BCUT2D eigenvalue weighted by Gasteiger charge is 2.21. The quantitative estimate of drug-likeness (QED) is 0.225. The molecule has 2 aliphatic heterocycles. The summed E-state index contributed by atoms with van der Waals surface area (Å²) < 4.78 is 10.2. The van der Waals surface area contributed by atoms with E-state index in [-0.39, 0.29) is 5.97 Å². The van der Waals surface area contributed by atoms with Crippen LogP contribution in [0.2, 0.25) is 0 Å². The molecule has 38 heavy (non-hydrogen) atoms. The van der Waals surface area contributed by atoms with Gasteiger partial charge in [0.25, 0.3) is 0 Å². The summed E-state index contributed by atoms with van der Waals surface area (Å²) in [5.74, 6) is 1.05. The predicted octanol–water partition coefficient (Wildman–Crippen LogP) is 6.10. The van der Waals surface area contributed by atoms with Crippen LogP contribution in [-0.4, -0.2) is 76.6 Å². The lowest BCUT2D eigenvalue weighted by Gasteiger charge is -2.38. The summed E-state index contributed by atoms with van der Waals surface area (Å²) in [5.41, 5.74) is 4.44. The number of hydrogen-bond donors (Lipinski definition) is 0. The number of unbranched alkanes of at least 4 members (excludes halogenated alkanes) is 3. The number of benzene rings is 2. The van der Waals surface area contributed by atoms with Crippen LogP contribution in [0, 0.1) is 0 Å². The number of rotatable bonds is 13. The zero-order valence-corrected chi connectivity index (χ0v) is 24.1. The van der Waals surface area contributed by atoms with Gasteiger partial charge in [-0.3, -0.25) is 0 Å². The Labute approximate surface area is 233 Å². The van der Waals surface area contributed by atoms with Crippen molar-refractivity contribution in [3.05, 3.63) is 54.1 Å². The molecule has 0 aromatic heterocycles. The normalized spacial score (nSPS) is 16.6. The van der Waals surface area contributed by atoms with Crippen LogP contribution in [-0.2, 0) is 9.47 Å². The van der Waals surface area contributed by atoms with Crippen molar-refractivity contribution in [1.82, 2.24) is 0 Å². The van der Waals surface area contributed by atoms with Gasteiger partial charge < -0.3 is 24.2 Å². The van der Waals surface area contributed by atoms with E-state index in [1.165, 1.54) is 68.7 Å². The minimum atomic E-state index is -0.254. The van der Waals surface area contributed by atoms with Crippen molar-refractivity contribution in [2.75, 3.05) is 80.0 Å². The van der Waals surface area contributed by atoms with E-state index in [9.17, 15) is 4.79 Å². The van der Waals surface area contributed by atoms with E-state index in [1.54, 1.807) is 7.11 Å². The number of carbonyl (C=O) groups excluding carboxylic acids is 1. The summed E-state index contributed by atoms with van der Waals surface area (Å²) in [6.45, 7) is 9.39. The second-order valence-corrected chi connectivity index (χ2v) is 11.6. The number of thioether (sulfide) groups is 1. The molecular weight excluding hydrogens is 494 g/mol. The van der Waals surface area contributed by atoms with Crippen LogP contribution in [0.15, 0.2) is 48.5 Å². The Morgan fingerprint density at radius 2 is 1.26 bits per heavy atom. The molecule has 2 aliphatic rings.